The largest absolute Gasteiger partial charge is 0.381 e. The second kappa shape index (κ2) is 8.65. The lowest BCUT2D eigenvalue weighted by atomic mass is 10.0. The molecule has 2 aliphatic rings. The first-order valence-corrected chi connectivity index (χ1v) is 10.3. The van der Waals surface area contributed by atoms with E-state index in [1.54, 1.807) is 12.1 Å². The molecule has 0 spiro atoms. The number of anilines is 2. The van der Waals surface area contributed by atoms with Crippen LogP contribution in [0, 0.1) is 0 Å². The Labute approximate surface area is 175 Å². The van der Waals surface area contributed by atoms with E-state index in [9.17, 15) is 4.79 Å². The molecule has 154 valence electrons. The lowest BCUT2D eigenvalue weighted by molar-refractivity contribution is -0.00547. The third-order valence-electron chi connectivity index (χ3n) is 5.13. The van der Waals surface area contributed by atoms with Crippen LogP contribution < -0.4 is 10.2 Å². The van der Waals surface area contributed by atoms with Gasteiger partial charge >= 0.3 is 0 Å². The minimum atomic E-state index is -0.198. The molecule has 1 fully saturated rings. The van der Waals surface area contributed by atoms with E-state index in [2.05, 4.69) is 29.0 Å². The van der Waals surface area contributed by atoms with Gasteiger partial charge in [-0.25, -0.2) is 9.97 Å². The van der Waals surface area contributed by atoms with Gasteiger partial charge in [0, 0.05) is 37.0 Å². The van der Waals surface area contributed by atoms with Crippen molar-refractivity contribution in [3.8, 4) is 0 Å². The topological polar surface area (TPSA) is 76.6 Å². The minimum absolute atomic E-state index is 0.109. The molecular weight excluding hydrogens is 392 g/mol. The van der Waals surface area contributed by atoms with Crippen LogP contribution in [-0.2, 0) is 22.3 Å². The Morgan fingerprint density at radius 3 is 2.69 bits per heavy atom. The zero-order valence-corrected chi connectivity index (χ0v) is 17.4. The van der Waals surface area contributed by atoms with Gasteiger partial charge in [0.25, 0.3) is 5.91 Å². The number of rotatable bonds is 3. The zero-order valence-electron chi connectivity index (χ0n) is 16.7. The SMILES string of the molecule is C[C@@H]1CN(c2cc(C(=O)Nc3ccc(Cl)cn3)c3c(n2)CCOCC3)C[C@H](C)O1. The zero-order chi connectivity index (χ0) is 20.4. The first-order chi connectivity index (χ1) is 14.0. The smallest absolute Gasteiger partial charge is 0.257 e. The number of amides is 1. The molecular formula is C21H25ClN4O3. The molecule has 0 aliphatic carbocycles. The Bertz CT molecular complexity index is 880. The summed E-state index contributed by atoms with van der Waals surface area (Å²) in [5.74, 6) is 1.07. The highest BCUT2D eigenvalue weighted by Gasteiger charge is 2.27. The summed E-state index contributed by atoms with van der Waals surface area (Å²) in [5, 5.41) is 3.41. The van der Waals surface area contributed by atoms with Crippen molar-refractivity contribution in [1.82, 2.24) is 9.97 Å². The Morgan fingerprint density at radius 2 is 1.97 bits per heavy atom. The fourth-order valence-corrected chi connectivity index (χ4v) is 4.02. The fourth-order valence-electron chi connectivity index (χ4n) is 3.90. The van der Waals surface area contributed by atoms with E-state index in [-0.39, 0.29) is 18.1 Å². The van der Waals surface area contributed by atoms with Gasteiger partial charge in [0.05, 0.1) is 30.4 Å². The van der Waals surface area contributed by atoms with Crippen LogP contribution in [0.5, 0.6) is 0 Å². The minimum Gasteiger partial charge on any atom is -0.381 e. The maximum absolute atomic E-state index is 13.2. The number of carbonyl (C=O) groups excluding carboxylic acids is 1. The number of ether oxygens (including phenoxy) is 2. The number of nitrogens with zero attached hydrogens (tertiary/aromatic N) is 3. The van der Waals surface area contributed by atoms with Crippen LogP contribution >= 0.6 is 11.6 Å². The van der Waals surface area contributed by atoms with Crippen molar-refractivity contribution in [2.75, 3.05) is 36.5 Å². The first-order valence-electron chi connectivity index (χ1n) is 9.93. The maximum atomic E-state index is 13.2. The number of morpholine rings is 1. The van der Waals surface area contributed by atoms with Gasteiger partial charge in [-0.1, -0.05) is 11.6 Å². The van der Waals surface area contributed by atoms with Gasteiger partial charge in [0.15, 0.2) is 0 Å². The van der Waals surface area contributed by atoms with E-state index >= 15 is 0 Å². The summed E-state index contributed by atoms with van der Waals surface area (Å²) in [6.07, 6.45) is 3.09. The van der Waals surface area contributed by atoms with Gasteiger partial charge < -0.3 is 19.7 Å². The van der Waals surface area contributed by atoms with Crippen molar-refractivity contribution in [1.29, 1.82) is 0 Å². The van der Waals surface area contributed by atoms with Gasteiger partial charge in [0.2, 0.25) is 0 Å². The van der Waals surface area contributed by atoms with Crippen LogP contribution in [0.3, 0.4) is 0 Å². The van der Waals surface area contributed by atoms with E-state index in [1.807, 2.05) is 6.07 Å². The van der Waals surface area contributed by atoms with Crippen LogP contribution in [0.15, 0.2) is 24.4 Å². The van der Waals surface area contributed by atoms with Gasteiger partial charge in [-0.2, -0.15) is 0 Å². The van der Waals surface area contributed by atoms with Crippen LogP contribution in [0.2, 0.25) is 5.02 Å². The predicted octanol–water partition coefficient (Wildman–Crippen LogP) is 3.11. The third-order valence-corrected chi connectivity index (χ3v) is 5.36. The average molecular weight is 417 g/mol. The number of hydrogen-bond acceptors (Lipinski definition) is 6. The lowest BCUT2D eigenvalue weighted by Gasteiger charge is -2.36. The maximum Gasteiger partial charge on any atom is 0.257 e. The summed E-state index contributed by atoms with van der Waals surface area (Å²) in [6, 6.07) is 5.28. The van der Waals surface area contributed by atoms with Crippen molar-refractivity contribution in [2.45, 2.75) is 38.9 Å². The average Bonchev–Trinajstić information content (AvgIpc) is 2.93. The molecule has 4 rings (SSSR count). The number of fused-ring (bicyclic) bond motifs is 1. The van der Waals surface area contributed by atoms with Gasteiger partial charge in [0.1, 0.15) is 11.6 Å². The Hall–Kier alpha value is -2.22. The molecule has 0 saturated carbocycles. The third kappa shape index (κ3) is 4.69. The van der Waals surface area contributed by atoms with Crippen molar-refractivity contribution in [2.24, 2.45) is 0 Å². The van der Waals surface area contributed by atoms with Gasteiger partial charge in [-0.3, -0.25) is 4.79 Å². The van der Waals surface area contributed by atoms with Crippen LogP contribution in [0.25, 0.3) is 0 Å². The summed E-state index contributed by atoms with van der Waals surface area (Å²) in [5.41, 5.74) is 2.51. The Balaban J connectivity index is 1.68. The highest BCUT2D eigenvalue weighted by atomic mass is 35.5. The number of pyridine rings is 2. The normalized spacial score (nSPS) is 22.0. The Morgan fingerprint density at radius 1 is 1.21 bits per heavy atom. The molecule has 2 aromatic heterocycles. The molecule has 1 amide bonds. The predicted molar refractivity (Wildman–Crippen MR) is 112 cm³/mol. The fraction of sp³-hybridized carbons (Fsp3) is 0.476. The molecule has 29 heavy (non-hydrogen) atoms. The van der Waals surface area contributed by atoms with Crippen LogP contribution in [0.4, 0.5) is 11.6 Å². The number of halogens is 1. The van der Waals surface area contributed by atoms with Crippen LogP contribution in [0.1, 0.15) is 35.5 Å². The number of hydrogen-bond donors (Lipinski definition) is 1. The van der Waals surface area contributed by atoms with E-state index in [0.29, 0.717) is 42.5 Å². The molecule has 0 unspecified atom stereocenters. The quantitative estimate of drug-likeness (QED) is 0.828. The number of carbonyl (C=O) groups is 1. The molecule has 0 bridgehead atoms. The van der Waals surface area contributed by atoms with Crippen molar-refractivity contribution in [3.63, 3.8) is 0 Å². The summed E-state index contributed by atoms with van der Waals surface area (Å²) in [6.45, 7) is 6.79. The molecule has 1 saturated heterocycles. The van der Waals surface area contributed by atoms with E-state index < -0.39 is 0 Å². The first kappa shape index (κ1) is 20.1. The second-order valence-electron chi connectivity index (χ2n) is 7.54. The molecule has 7 nitrogen and oxygen atoms in total. The van der Waals surface area contributed by atoms with Crippen LogP contribution in [-0.4, -0.2) is 54.4 Å². The van der Waals surface area contributed by atoms with Gasteiger partial charge in [-0.05, 0) is 44.0 Å². The molecule has 2 atom stereocenters. The monoisotopic (exact) mass is 416 g/mol. The molecule has 2 aromatic rings. The number of aromatic nitrogens is 2. The molecule has 4 heterocycles. The van der Waals surface area contributed by atoms with E-state index in [1.165, 1.54) is 6.20 Å². The standard InChI is InChI=1S/C21H25ClN4O3/c1-13-11-26(12-14(2)29-13)20-9-17(16-5-7-28-8-6-18(16)24-20)21(27)25-19-4-3-15(22)10-23-19/h3-4,9-10,13-14H,5-8,11-12H2,1-2H3,(H,23,25,27)/t13-,14+. The van der Waals surface area contributed by atoms with Crippen molar-refractivity contribution in [3.05, 3.63) is 46.2 Å². The highest BCUT2D eigenvalue weighted by molar-refractivity contribution is 6.30. The van der Waals surface area contributed by atoms with Crippen molar-refractivity contribution >= 4 is 29.1 Å². The summed E-state index contributed by atoms with van der Waals surface area (Å²) >= 11 is 5.90. The summed E-state index contributed by atoms with van der Waals surface area (Å²) in [4.78, 5) is 24.4. The summed E-state index contributed by atoms with van der Waals surface area (Å²) in [7, 11) is 0. The molecule has 8 heteroatoms. The highest BCUT2D eigenvalue weighted by Crippen LogP contribution is 2.26. The molecule has 0 aromatic carbocycles. The van der Waals surface area contributed by atoms with E-state index in [4.69, 9.17) is 26.1 Å². The molecule has 1 N–H and O–H groups in total. The van der Waals surface area contributed by atoms with E-state index in [0.717, 1.165) is 30.2 Å². The number of nitrogens with one attached hydrogen (secondary N) is 1. The van der Waals surface area contributed by atoms with Crippen molar-refractivity contribution < 1.29 is 14.3 Å². The molecule has 0 radical (unpaired) electrons. The lowest BCUT2D eigenvalue weighted by Crippen LogP contribution is -2.46. The summed E-state index contributed by atoms with van der Waals surface area (Å²) < 4.78 is 11.5. The molecule has 2 aliphatic heterocycles. The van der Waals surface area contributed by atoms with Gasteiger partial charge in [-0.15, -0.1) is 0 Å². The second-order valence-corrected chi connectivity index (χ2v) is 7.98. The Kier molecular flexibility index (Phi) is 5.99.